The van der Waals surface area contributed by atoms with E-state index in [9.17, 15) is 9.59 Å². The fourth-order valence-electron chi connectivity index (χ4n) is 2.94. The molecule has 5 nitrogen and oxygen atoms in total. The summed E-state index contributed by atoms with van der Waals surface area (Å²) in [7, 11) is 0. The van der Waals surface area contributed by atoms with E-state index in [4.69, 9.17) is 16.3 Å². The van der Waals surface area contributed by atoms with Gasteiger partial charge in [0.2, 0.25) is 5.91 Å². The molecule has 1 aromatic rings. The molecule has 1 saturated heterocycles. The summed E-state index contributed by atoms with van der Waals surface area (Å²) >= 11 is 6.05. The summed E-state index contributed by atoms with van der Waals surface area (Å²) in [5.74, 6) is 0.906. The van der Waals surface area contributed by atoms with Crippen molar-refractivity contribution in [3.63, 3.8) is 0 Å². The van der Waals surface area contributed by atoms with Gasteiger partial charge in [0.1, 0.15) is 5.75 Å². The summed E-state index contributed by atoms with van der Waals surface area (Å²) in [5, 5.41) is 3.51. The molecule has 1 aliphatic carbocycles. The average Bonchev–Trinajstić information content (AvgIpc) is 3.42. The lowest BCUT2D eigenvalue weighted by Gasteiger charge is -2.33. The van der Waals surface area contributed by atoms with Crippen LogP contribution in [0.15, 0.2) is 24.3 Å². The summed E-state index contributed by atoms with van der Waals surface area (Å²) in [6.45, 7) is 3.16. The number of benzene rings is 1. The smallest absolute Gasteiger partial charge is 0.260 e. The maximum atomic E-state index is 12.3. The molecule has 2 amide bonds. The molecule has 6 heteroatoms. The molecule has 1 saturated carbocycles. The van der Waals surface area contributed by atoms with Crippen molar-refractivity contribution in [3.05, 3.63) is 29.3 Å². The quantitative estimate of drug-likeness (QED) is 0.888. The Morgan fingerprint density at radius 1 is 1.21 bits per heavy atom. The van der Waals surface area contributed by atoms with E-state index in [2.05, 4.69) is 5.32 Å². The predicted octanol–water partition coefficient (Wildman–Crippen LogP) is 2.62. The molecule has 0 bridgehead atoms. The molecule has 0 aromatic heterocycles. The second kappa shape index (κ2) is 7.43. The van der Waals surface area contributed by atoms with Gasteiger partial charge in [0.05, 0.1) is 5.02 Å². The van der Waals surface area contributed by atoms with Crippen molar-refractivity contribution in [1.82, 2.24) is 10.2 Å². The zero-order chi connectivity index (χ0) is 17.1. The summed E-state index contributed by atoms with van der Waals surface area (Å²) in [5.41, 5.74) is 0. The molecule has 1 N–H and O–H groups in total. The highest BCUT2D eigenvalue weighted by Crippen LogP contribution is 2.32. The highest BCUT2D eigenvalue weighted by Gasteiger charge is 2.35. The molecule has 1 atom stereocenters. The SMILES string of the molecule is CC(Oc1ccccc1Cl)C(=O)NC1CCN(C(=O)C2CC2)CC1. The summed E-state index contributed by atoms with van der Waals surface area (Å²) in [6, 6.07) is 7.20. The number of hydrogen-bond donors (Lipinski definition) is 1. The molecule has 0 radical (unpaired) electrons. The van der Waals surface area contributed by atoms with Gasteiger partial charge >= 0.3 is 0 Å². The first kappa shape index (κ1) is 17.1. The van der Waals surface area contributed by atoms with Crippen molar-refractivity contribution in [3.8, 4) is 5.75 Å². The van der Waals surface area contributed by atoms with E-state index in [0.717, 1.165) is 38.8 Å². The van der Waals surface area contributed by atoms with E-state index in [1.165, 1.54) is 0 Å². The first-order valence-electron chi connectivity index (χ1n) is 8.55. The second-order valence-corrected chi connectivity index (χ2v) is 6.98. The number of piperidine rings is 1. The number of para-hydroxylation sites is 1. The topological polar surface area (TPSA) is 58.6 Å². The molecule has 1 unspecified atom stereocenters. The minimum atomic E-state index is -0.615. The molecule has 1 aliphatic heterocycles. The average molecular weight is 351 g/mol. The van der Waals surface area contributed by atoms with E-state index >= 15 is 0 Å². The molecule has 1 heterocycles. The lowest BCUT2D eigenvalue weighted by Crippen LogP contribution is -2.49. The normalized spacial score (nSPS) is 19.7. The zero-order valence-corrected chi connectivity index (χ0v) is 14.6. The number of nitrogens with zero attached hydrogens (tertiary/aromatic N) is 1. The van der Waals surface area contributed by atoms with E-state index in [1.807, 2.05) is 17.0 Å². The Bertz CT molecular complexity index is 610. The first-order valence-corrected chi connectivity index (χ1v) is 8.92. The van der Waals surface area contributed by atoms with Crippen molar-refractivity contribution in [2.24, 2.45) is 5.92 Å². The number of nitrogens with one attached hydrogen (secondary N) is 1. The number of carbonyl (C=O) groups is 2. The van der Waals surface area contributed by atoms with Crippen LogP contribution in [0.2, 0.25) is 5.02 Å². The molecule has 1 aromatic carbocycles. The second-order valence-electron chi connectivity index (χ2n) is 6.57. The lowest BCUT2D eigenvalue weighted by molar-refractivity contribution is -0.134. The van der Waals surface area contributed by atoms with Gasteiger partial charge in [-0.05, 0) is 44.7 Å². The number of amides is 2. The van der Waals surface area contributed by atoms with Crippen LogP contribution >= 0.6 is 11.6 Å². The fraction of sp³-hybridized carbons (Fsp3) is 0.556. The fourth-order valence-corrected chi connectivity index (χ4v) is 3.12. The van der Waals surface area contributed by atoms with Crippen molar-refractivity contribution >= 4 is 23.4 Å². The summed E-state index contributed by atoms with van der Waals surface area (Å²) in [4.78, 5) is 26.3. The van der Waals surface area contributed by atoms with Gasteiger partial charge in [-0.25, -0.2) is 0 Å². The zero-order valence-electron chi connectivity index (χ0n) is 13.8. The number of hydrogen-bond acceptors (Lipinski definition) is 3. The molecule has 2 fully saturated rings. The summed E-state index contributed by atoms with van der Waals surface area (Å²) < 4.78 is 5.64. The molecular formula is C18H23ClN2O3. The Morgan fingerprint density at radius 3 is 2.50 bits per heavy atom. The van der Waals surface area contributed by atoms with Crippen molar-refractivity contribution in [2.45, 2.75) is 44.8 Å². The van der Waals surface area contributed by atoms with E-state index < -0.39 is 6.10 Å². The third kappa shape index (κ3) is 4.20. The maximum Gasteiger partial charge on any atom is 0.260 e. The Hall–Kier alpha value is -1.75. The van der Waals surface area contributed by atoms with E-state index in [0.29, 0.717) is 10.8 Å². The molecular weight excluding hydrogens is 328 g/mol. The summed E-state index contributed by atoms with van der Waals surface area (Å²) in [6.07, 6.45) is 3.04. The highest BCUT2D eigenvalue weighted by atomic mass is 35.5. The first-order chi connectivity index (χ1) is 11.5. The highest BCUT2D eigenvalue weighted by molar-refractivity contribution is 6.32. The number of ether oxygens (including phenoxy) is 1. The van der Waals surface area contributed by atoms with Crippen LogP contribution in [0.1, 0.15) is 32.6 Å². The van der Waals surface area contributed by atoms with Gasteiger partial charge in [0, 0.05) is 25.0 Å². The van der Waals surface area contributed by atoms with Gasteiger partial charge in [-0.3, -0.25) is 9.59 Å². The number of likely N-dealkylation sites (tertiary alicyclic amines) is 1. The van der Waals surface area contributed by atoms with Crippen LogP contribution in [0, 0.1) is 5.92 Å². The Kier molecular flexibility index (Phi) is 5.29. The third-order valence-electron chi connectivity index (χ3n) is 4.59. The monoisotopic (exact) mass is 350 g/mol. The maximum absolute atomic E-state index is 12.3. The van der Waals surface area contributed by atoms with Crippen LogP contribution in [0.3, 0.4) is 0 Å². The van der Waals surface area contributed by atoms with Crippen LogP contribution in [0.25, 0.3) is 0 Å². The van der Waals surface area contributed by atoms with Crippen molar-refractivity contribution in [2.75, 3.05) is 13.1 Å². The minimum Gasteiger partial charge on any atom is -0.479 e. The standard InChI is InChI=1S/C18H23ClN2O3/c1-12(24-16-5-3-2-4-15(16)19)17(22)20-14-8-10-21(11-9-14)18(23)13-6-7-13/h2-5,12-14H,6-11H2,1H3,(H,20,22). The van der Waals surface area contributed by atoms with Crippen LogP contribution < -0.4 is 10.1 Å². The Balaban J connectivity index is 1.45. The van der Waals surface area contributed by atoms with Crippen LogP contribution in [0.4, 0.5) is 0 Å². The largest absolute Gasteiger partial charge is 0.479 e. The molecule has 24 heavy (non-hydrogen) atoms. The number of rotatable bonds is 5. The van der Waals surface area contributed by atoms with Crippen molar-refractivity contribution < 1.29 is 14.3 Å². The van der Waals surface area contributed by atoms with Gasteiger partial charge in [0.15, 0.2) is 6.10 Å². The molecule has 3 rings (SSSR count). The molecule has 0 spiro atoms. The van der Waals surface area contributed by atoms with Gasteiger partial charge in [-0.15, -0.1) is 0 Å². The number of carbonyl (C=O) groups excluding carboxylic acids is 2. The Labute approximate surface area is 147 Å². The van der Waals surface area contributed by atoms with Crippen LogP contribution in [-0.2, 0) is 9.59 Å². The van der Waals surface area contributed by atoms with Crippen molar-refractivity contribution in [1.29, 1.82) is 0 Å². The minimum absolute atomic E-state index is 0.0954. The van der Waals surface area contributed by atoms with Gasteiger partial charge < -0.3 is 15.0 Å². The lowest BCUT2D eigenvalue weighted by atomic mass is 10.0. The van der Waals surface area contributed by atoms with Gasteiger partial charge in [-0.1, -0.05) is 23.7 Å². The van der Waals surface area contributed by atoms with Gasteiger partial charge in [0.25, 0.3) is 5.91 Å². The van der Waals surface area contributed by atoms with Crippen LogP contribution in [0.5, 0.6) is 5.75 Å². The van der Waals surface area contributed by atoms with Crippen LogP contribution in [-0.4, -0.2) is 41.9 Å². The predicted molar refractivity (Wildman–Crippen MR) is 92.0 cm³/mol. The molecule has 130 valence electrons. The van der Waals surface area contributed by atoms with Gasteiger partial charge in [-0.2, -0.15) is 0 Å². The third-order valence-corrected chi connectivity index (χ3v) is 4.90. The molecule has 2 aliphatic rings. The van der Waals surface area contributed by atoms with E-state index in [-0.39, 0.29) is 23.8 Å². The van der Waals surface area contributed by atoms with E-state index in [1.54, 1.807) is 19.1 Å². The Morgan fingerprint density at radius 2 is 1.88 bits per heavy atom. The number of halogens is 1.